The van der Waals surface area contributed by atoms with Crippen molar-refractivity contribution in [1.82, 2.24) is 0 Å². The summed E-state index contributed by atoms with van der Waals surface area (Å²) < 4.78 is 11.1. The number of aliphatic hydroxyl groups excluding tert-OH is 1. The number of hydrogen-bond donors (Lipinski definition) is 1. The molecule has 4 saturated carbocycles. The number of hydrogen-bond acceptors (Lipinski definition) is 2. The predicted molar refractivity (Wildman–Crippen MR) is 103 cm³/mol. The highest BCUT2D eigenvalue weighted by molar-refractivity contribution is 7.65. The van der Waals surface area contributed by atoms with Crippen LogP contribution < -0.4 is 0 Å². The molecule has 0 radical (unpaired) electrons. The van der Waals surface area contributed by atoms with Crippen LogP contribution in [0.5, 0.6) is 0 Å². The Morgan fingerprint density at radius 1 is 1.00 bits per heavy atom. The molecule has 0 aromatic carbocycles. The van der Waals surface area contributed by atoms with Gasteiger partial charge < -0.3 is 5.11 Å². The summed E-state index contributed by atoms with van der Waals surface area (Å²) in [6.45, 7) is 7.48. The van der Waals surface area contributed by atoms with E-state index in [4.69, 9.17) is 0 Å². The lowest BCUT2D eigenvalue weighted by atomic mass is 9.44. The topological polar surface area (TPSA) is 37.3 Å². The maximum Gasteiger partial charge on any atom is 0.458 e. The standard InChI is InChI=1S/C22H37O2S/c1-14(13-25-24)18-6-7-19-17-5-4-15-12-16(23)8-10-21(15,2)20(17)9-11-22(18,19)3/h14-20,23H,4-13H2,1-3H3/q+1/t14-,15?,16+,17+,18-,19?,20?,21+,22-/m1/s1. The minimum absolute atomic E-state index is 0.0372. The van der Waals surface area contributed by atoms with E-state index < -0.39 is 0 Å². The average Bonchev–Trinajstić information content (AvgIpc) is 2.93. The van der Waals surface area contributed by atoms with Crippen molar-refractivity contribution in [3.8, 4) is 0 Å². The van der Waals surface area contributed by atoms with Crippen molar-refractivity contribution in [2.45, 2.75) is 84.7 Å². The van der Waals surface area contributed by atoms with Gasteiger partial charge in [-0.15, -0.1) is 0 Å². The van der Waals surface area contributed by atoms with E-state index in [0.29, 0.717) is 16.7 Å². The zero-order valence-corrected chi connectivity index (χ0v) is 17.2. The molecule has 2 nitrogen and oxygen atoms in total. The van der Waals surface area contributed by atoms with Crippen LogP contribution in [0.1, 0.15) is 78.6 Å². The quantitative estimate of drug-likeness (QED) is 0.709. The molecule has 0 amide bonds. The summed E-state index contributed by atoms with van der Waals surface area (Å²) in [7, 11) is 0. The van der Waals surface area contributed by atoms with Crippen LogP contribution in [-0.2, 0) is 15.9 Å². The molecule has 0 heterocycles. The second-order valence-electron chi connectivity index (χ2n) is 10.6. The van der Waals surface area contributed by atoms with Crippen molar-refractivity contribution >= 4 is 11.7 Å². The van der Waals surface area contributed by atoms with Crippen molar-refractivity contribution in [2.24, 2.45) is 46.3 Å². The van der Waals surface area contributed by atoms with Crippen LogP contribution in [0.4, 0.5) is 0 Å². The van der Waals surface area contributed by atoms with E-state index in [1.807, 2.05) is 0 Å². The normalized spacial score (nSPS) is 53.4. The molecule has 25 heavy (non-hydrogen) atoms. The van der Waals surface area contributed by atoms with Gasteiger partial charge in [-0.05, 0) is 98.2 Å². The summed E-state index contributed by atoms with van der Waals surface area (Å²) in [6, 6.07) is 0. The van der Waals surface area contributed by atoms with Gasteiger partial charge in [0, 0.05) is 10.1 Å². The van der Waals surface area contributed by atoms with Crippen molar-refractivity contribution < 1.29 is 9.32 Å². The largest absolute Gasteiger partial charge is 0.458 e. The Morgan fingerprint density at radius 2 is 1.72 bits per heavy atom. The monoisotopic (exact) mass is 365 g/mol. The van der Waals surface area contributed by atoms with E-state index in [1.54, 1.807) is 0 Å². The first-order valence-electron chi connectivity index (χ1n) is 10.8. The van der Waals surface area contributed by atoms with Gasteiger partial charge in [0.05, 0.1) is 6.10 Å². The summed E-state index contributed by atoms with van der Waals surface area (Å²) in [4.78, 5) is 0. The highest BCUT2D eigenvalue weighted by Crippen LogP contribution is 2.68. The second-order valence-corrected chi connectivity index (χ2v) is 11.1. The first-order valence-corrected chi connectivity index (χ1v) is 11.7. The summed E-state index contributed by atoms with van der Waals surface area (Å²) in [5, 5.41) is 10.2. The summed E-state index contributed by atoms with van der Waals surface area (Å²) >= 11 is 0.798. The fourth-order valence-electron chi connectivity index (χ4n) is 8.43. The van der Waals surface area contributed by atoms with Crippen molar-refractivity contribution in [2.75, 3.05) is 5.75 Å². The van der Waals surface area contributed by atoms with Crippen LogP contribution in [0.3, 0.4) is 0 Å². The Bertz CT molecular complexity index is 522. The minimum Gasteiger partial charge on any atom is -0.393 e. The fraction of sp³-hybridized carbons (Fsp3) is 1.00. The van der Waals surface area contributed by atoms with Gasteiger partial charge in [0.1, 0.15) is 0 Å². The Morgan fingerprint density at radius 3 is 2.48 bits per heavy atom. The average molecular weight is 366 g/mol. The van der Waals surface area contributed by atoms with E-state index in [-0.39, 0.29) is 6.10 Å². The highest BCUT2D eigenvalue weighted by Gasteiger charge is 2.60. The zero-order valence-electron chi connectivity index (χ0n) is 16.4. The van der Waals surface area contributed by atoms with Gasteiger partial charge in [0.25, 0.3) is 0 Å². The van der Waals surface area contributed by atoms with Crippen LogP contribution in [0, 0.1) is 46.3 Å². The van der Waals surface area contributed by atoms with Gasteiger partial charge in [-0.2, -0.15) is 0 Å². The van der Waals surface area contributed by atoms with E-state index >= 15 is 0 Å². The molecule has 4 aliphatic rings. The summed E-state index contributed by atoms with van der Waals surface area (Å²) in [5.41, 5.74) is 0.964. The molecule has 3 heteroatoms. The molecule has 4 rings (SSSR count). The molecule has 0 aromatic heterocycles. The SMILES string of the molecule is C[C@H](C[S+]=O)[C@H]1CCC2[C@@H]3CCC4C[C@@H](O)CC[C@]4(C)C3CC[C@@]21C. The summed E-state index contributed by atoms with van der Waals surface area (Å²) in [5.74, 6) is 5.57. The maximum absolute atomic E-state index is 11.1. The van der Waals surface area contributed by atoms with Gasteiger partial charge in [0.15, 0.2) is 0 Å². The van der Waals surface area contributed by atoms with Crippen LogP contribution >= 0.6 is 0 Å². The molecular weight excluding hydrogens is 328 g/mol. The lowest BCUT2D eigenvalue weighted by molar-refractivity contribution is -0.128. The van der Waals surface area contributed by atoms with E-state index in [9.17, 15) is 9.32 Å². The van der Waals surface area contributed by atoms with Crippen LogP contribution in [-0.4, -0.2) is 17.0 Å². The molecule has 0 spiro atoms. The molecule has 1 N–H and O–H groups in total. The van der Waals surface area contributed by atoms with Gasteiger partial charge in [0.2, 0.25) is 5.75 Å². The lowest BCUT2D eigenvalue weighted by Crippen LogP contribution is -2.54. The van der Waals surface area contributed by atoms with Gasteiger partial charge in [-0.1, -0.05) is 20.8 Å². The molecule has 0 aromatic rings. The van der Waals surface area contributed by atoms with E-state index in [2.05, 4.69) is 20.8 Å². The Hall–Kier alpha value is -0.0200. The van der Waals surface area contributed by atoms with Gasteiger partial charge in [-0.3, -0.25) is 0 Å². The molecule has 0 aliphatic heterocycles. The second kappa shape index (κ2) is 6.55. The molecule has 0 bridgehead atoms. The number of fused-ring (bicyclic) bond motifs is 5. The Labute approximate surface area is 158 Å². The molecule has 4 fully saturated rings. The first kappa shape index (κ1) is 18.3. The van der Waals surface area contributed by atoms with Crippen LogP contribution in [0.2, 0.25) is 0 Å². The van der Waals surface area contributed by atoms with Crippen molar-refractivity contribution in [3.63, 3.8) is 0 Å². The van der Waals surface area contributed by atoms with Gasteiger partial charge in [-0.25, -0.2) is 0 Å². The van der Waals surface area contributed by atoms with Crippen molar-refractivity contribution in [3.05, 3.63) is 0 Å². The minimum atomic E-state index is -0.0372. The Balaban J connectivity index is 1.57. The van der Waals surface area contributed by atoms with Crippen molar-refractivity contribution in [1.29, 1.82) is 0 Å². The maximum atomic E-state index is 11.1. The molecule has 4 aliphatic carbocycles. The third-order valence-electron chi connectivity index (χ3n) is 9.73. The third-order valence-corrected chi connectivity index (χ3v) is 10.4. The molecule has 3 unspecified atom stereocenters. The predicted octanol–water partition coefficient (Wildman–Crippen LogP) is 5.07. The smallest absolute Gasteiger partial charge is 0.393 e. The zero-order chi connectivity index (χ0) is 17.8. The number of aliphatic hydroxyl groups is 1. The molecule has 9 atom stereocenters. The highest BCUT2D eigenvalue weighted by atomic mass is 32.1. The summed E-state index contributed by atoms with van der Waals surface area (Å²) in [6.07, 6.45) is 11.6. The lowest BCUT2D eigenvalue weighted by Gasteiger charge is -2.61. The first-order chi connectivity index (χ1) is 11.9. The Kier molecular flexibility index (Phi) is 4.81. The van der Waals surface area contributed by atoms with E-state index in [1.165, 1.54) is 44.9 Å². The van der Waals surface area contributed by atoms with Gasteiger partial charge >= 0.3 is 11.7 Å². The van der Waals surface area contributed by atoms with Crippen LogP contribution in [0.25, 0.3) is 0 Å². The number of rotatable bonds is 3. The molecule has 0 saturated heterocycles. The van der Waals surface area contributed by atoms with Crippen LogP contribution in [0.15, 0.2) is 0 Å². The third kappa shape index (κ3) is 2.74. The molecule has 142 valence electrons. The molecular formula is C22H37O2S+. The van der Waals surface area contributed by atoms with E-state index in [0.717, 1.165) is 59.9 Å². The fourth-order valence-corrected chi connectivity index (χ4v) is 8.88.